The van der Waals surface area contributed by atoms with Crippen molar-refractivity contribution in [2.45, 2.75) is 39.5 Å². The number of hydrogen-bond donors (Lipinski definition) is 0. The van der Waals surface area contributed by atoms with Crippen molar-refractivity contribution in [3.05, 3.63) is 132 Å². The number of hydrogen-bond acceptors (Lipinski definition) is 2. The van der Waals surface area contributed by atoms with Crippen molar-refractivity contribution >= 4 is 53.3 Å². The van der Waals surface area contributed by atoms with Crippen LogP contribution in [0.15, 0.2) is 121 Å². The molecule has 2 nitrogen and oxygen atoms in total. The van der Waals surface area contributed by atoms with Gasteiger partial charge in [0.15, 0.2) is 0 Å². The van der Waals surface area contributed by atoms with Crippen LogP contribution in [0.3, 0.4) is 0 Å². The molecule has 44 heavy (non-hydrogen) atoms. The van der Waals surface area contributed by atoms with Crippen LogP contribution in [-0.4, -0.2) is 9.55 Å². The van der Waals surface area contributed by atoms with Gasteiger partial charge in [-0.15, -0.1) is 11.3 Å². The molecular weight excluding hydrogens is 553 g/mol. The summed E-state index contributed by atoms with van der Waals surface area (Å²) in [7, 11) is 0. The van der Waals surface area contributed by atoms with Crippen molar-refractivity contribution in [1.29, 1.82) is 0 Å². The minimum Gasteiger partial charge on any atom is -0.292 e. The Labute approximate surface area is 262 Å². The summed E-state index contributed by atoms with van der Waals surface area (Å²) in [6.45, 7) is 9.24. The molecule has 0 spiro atoms. The van der Waals surface area contributed by atoms with Crippen LogP contribution in [0.2, 0.25) is 0 Å². The van der Waals surface area contributed by atoms with E-state index in [1.165, 1.54) is 58.9 Å². The average Bonchev–Trinajstić information content (AvgIpc) is 3.61. The highest BCUT2D eigenvalue weighted by molar-refractivity contribution is 7.25. The molecule has 0 saturated heterocycles. The number of rotatable bonds is 5. The van der Waals surface area contributed by atoms with Crippen LogP contribution in [0.5, 0.6) is 0 Å². The van der Waals surface area contributed by atoms with Gasteiger partial charge in [0.05, 0.1) is 16.7 Å². The Morgan fingerprint density at radius 2 is 1.18 bits per heavy atom. The fourth-order valence-corrected chi connectivity index (χ4v) is 7.78. The SMILES string of the molecule is CC(C)c1cc(-c2ccccc2)cc(C(C)C)c1-n1c(-c2ccc3sc4cc5ccccc5cc4c3c2)nc2ccccc21. The number of imidazole rings is 1. The van der Waals surface area contributed by atoms with Crippen LogP contribution < -0.4 is 0 Å². The lowest BCUT2D eigenvalue weighted by Crippen LogP contribution is -2.09. The van der Waals surface area contributed by atoms with E-state index >= 15 is 0 Å². The Bertz CT molecular complexity index is 2310. The first-order chi connectivity index (χ1) is 21.5. The normalized spacial score (nSPS) is 12.0. The molecule has 2 heterocycles. The summed E-state index contributed by atoms with van der Waals surface area (Å²) in [6.07, 6.45) is 0. The predicted octanol–water partition coefficient (Wildman–Crippen LogP) is 12.1. The standard InChI is InChI=1S/C41H34N2S/c1-25(2)32-22-31(27-12-6-5-7-13-27)23-33(26(3)4)40(32)43-37-17-11-10-16-36(37)42-41(43)30-18-19-38-34(21-30)35-20-28-14-8-9-15-29(28)24-39(35)44-38/h5-26H,1-4H3. The van der Waals surface area contributed by atoms with Crippen LogP contribution in [-0.2, 0) is 0 Å². The summed E-state index contributed by atoms with van der Waals surface area (Å²) in [5.41, 5.74) is 9.76. The highest BCUT2D eigenvalue weighted by Gasteiger charge is 2.24. The van der Waals surface area contributed by atoms with Crippen LogP contribution in [0.4, 0.5) is 0 Å². The van der Waals surface area contributed by atoms with Gasteiger partial charge in [0.2, 0.25) is 0 Å². The highest BCUT2D eigenvalue weighted by Crippen LogP contribution is 2.42. The maximum atomic E-state index is 5.33. The molecular formula is C41H34N2S. The summed E-state index contributed by atoms with van der Waals surface area (Å²) in [5, 5.41) is 5.17. The van der Waals surface area contributed by atoms with Crippen LogP contribution in [0.1, 0.15) is 50.7 Å². The van der Waals surface area contributed by atoms with Gasteiger partial charge in [-0.1, -0.05) is 94.4 Å². The molecule has 0 fully saturated rings. The molecule has 0 unspecified atom stereocenters. The van der Waals surface area contributed by atoms with Crippen molar-refractivity contribution in [2.24, 2.45) is 0 Å². The van der Waals surface area contributed by atoms with E-state index in [1.807, 2.05) is 11.3 Å². The highest BCUT2D eigenvalue weighted by atomic mass is 32.1. The Hall–Kier alpha value is -4.73. The third kappa shape index (κ3) is 4.34. The molecule has 0 amide bonds. The second-order valence-electron chi connectivity index (χ2n) is 12.4. The maximum Gasteiger partial charge on any atom is 0.145 e. The molecule has 0 aliphatic carbocycles. The van der Waals surface area contributed by atoms with E-state index in [0.29, 0.717) is 11.8 Å². The topological polar surface area (TPSA) is 17.8 Å². The first-order valence-corrected chi connectivity index (χ1v) is 16.3. The number of fused-ring (bicyclic) bond motifs is 5. The van der Waals surface area contributed by atoms with E-state index in [9.17, 15) is 0 Å². The predicted molar refractivity (Wildman–Crippen MR) is 191 cm³/mol. The molecule has 0 aliphatic rings. The lowest BCUT2D eigenvalue weighted by atomic mass is 9.88. The lowest BCUT2D eigenvalue weighted by molar-refractivity contribution is 0.811. The third-order valence-corrected chi connectivity index (χ3v) is 10.0. The van der Waals surface area contributed by atoms with E-state index < -0.39 is 0 Å². The minimum absolute atomic E-state index is 0.330. The number of nitrogens with zero attached hydrogens (tertiary/aromatic N) is 2. The molecule has 6 aromatic carbocycles. The first kappa shape index (κ1) is 26.9. The van der Waals surface area contributed by atoms with E-state index in [1.54, 1.807) is 0 Å². The van der Waals surface area contributed by atoms with Crippen LogP contribution >= 0.6 is 11.3 Å². The van der Waals surface area contributed by atoms with Gasteiger partial charge in [0.25, 0.3) is 0 Å². The Morgan fingerprint density at radius 1 is 0.545 bits per heavy atom. The molecule has 0 atom stereocenters. The molecule has 0 radical (unpaired) electrons. The zero-order valence-electron chi connectivity index (χ0n) is 25.5. The number of benzene rings is 6. The molecule has 0 saturated carbocycles. The van der Waals surface area contributed by atoms with Gasteiger partial charge in [-0.25, -0.2) is 4.98 Å². The van der Waals surface area contributed by atoms with Crippen molar-refractivity contribution in [3.63, 3.8) is 0 Å². The van der Waals surface area contributed by atoms with Gasteiger partial charge in [0.1, 0.15) is 5.82 Å². The van der Waals surface area contributed by atoms with Gasteiger partial charge >= 0.3 is 0 Å². The summed E-state index contributed by atoms with van der Waals surface area (Å²) in [5.74, 6) is 1.65. The monoisotopic (exact) mass is 586 g/mol. The molecule has 0 N–H and O–H groups in total. The van der Waals surface area contributed by atoms with E-state index in [-0.39, 0.29) is 0 Å². The van der Waals surface area contributed by atoms with Gasteiger partial charge in [0, 0.05) is 25.7 Å². The maximum absolute atomic E-state index is 5.33. The summed E-state index contributed by atoms with van der Waals surface area (Å²) >= 11 is 1.87. The van der Waals surface area contributed by atoms with E-state index in [4.69, 9.17) is 4.98 Å². The number of thiophene rings is 1. The largest absolute Gasteiger partial charge is 0.292 e. The van der Waals surface area contributed by atoms with Gasteiger partial charge in [-0.05, 0) is 99.5 Å². The van der Waals surface area contributed by atoms with Crippen molar-refractivity contribution in [1.82, 2.24) is 9.55 Å². The molecule has 0 bridgehead atoms. The molecule has 0 aliphatic heterocycles. The van der Waals surface area contributed by atoms with Crippen LogP contribution in [0.25, 0.3) is 70.2 Å². The van der Waals surface area contributed by atoms with Gasteiger partial charge in [-0.2, -0.15) is 0 Å². The molecule has 2 aromatic heterocycles. The average molecular weight is 587 g/mol. The van der Waals surface area contributed by atoms with Crippen molar-refractivity contribution in [2.75, 3.05) is 0 Å². The van der Waals surface area contributed by atoms with Gasteiger partial charge < -0.3 is 0 Å². The van der Waals surface area contributed by atoms with Crippen molar-refractivity contribution < 1.29 is 0 Å². The van der Waals surface area contributed by atoms with Crippen molar-refractivity contribution in [3.8, 4) is 28.2 Å². The summed E-state index contributed by atoms with van der Waals surface area (Å²) < 4.78 is 5.07. The van der Waals surface area contributed by atoms with E-state index in [2.05, 4.69) is 154 Å². The smallest absolute Gasteiger partial charge is 0.145 e. The molecule has 3 heteroatoms. The number of para-hydroxylation sites is 2. The third-order valence-electron chi connectivity index (χ3n) is 8.90. The Morgan fingerprint density at radius 3 is 1.91 bits per heavy atom. The quantitative estimate of drug-likeness (QED) is 0.196. The second-order valence-corrected chi connectivity index (χ2v) is 13.5. The molecule has 8 aromatic rings. The lowest BCUT2D eigenvalue weighted by Gasteiger charge is -2.24. The van der Waals surface area contributed by atoms with Gasteiger partial charge in [-0.3, -0.25) is 4.57 Å². The second kappa shape index (κ2) is 10.5. The first-order valence-electron chi connectivity index (χ1n) is 15.5. The Balaban J connectivity index is 1.42. The zero-order valence-corrected chi connectivity index (χ0v) is 26.3. The fourth-order valence-electron chi connectivity index (χ4n) is 6.66. The number of aromatic nitrogens is 2. The minimum atomic E-state index is 0.330. The Kier molecular flexibility index (Phi) is 6.39. The molecule has 214 valence electrons. The zero-order chi connectivity index (χ0) is 29.9. The fraction of sp³-hybridized carbons (Fsp3) is 0.146. The summed E-state index contributed by atoms with van der Waals surface area (Å²) in [6, 6.07) is 44.4. The van der Waals surface area contributed by atoms with Crippen LogP contribution in [0, 0.1) is 0 Å². The molecule has 8 rings (SSSR count). The summed E-state index contributed by atoms with van der Waals surface area (Å²) in [4.78, 5) is 5.33. The van der Waals surface area contributed by atoms with E-state index in [0.717, 1.165) is 22.4 Å².